The highest BCUT2D eigenvalue weighted by atomic mass is 16.5. The van der Waals surface area contributed by atoms with Gasteiger partial charge in [-0.05, 0) is 44.6 Å². The number of allylic oxidation sites excluding steroid dienone is 1. The summed E-state index contributed by atoms with van der Waals surface area (Å²) in [7, 11) is -1.23. The van der Waals surface area contributed by atoms with Crippen molar-refractivity contribution in [3.05, 3.63) is 23.0 Å². The number of ketones is 1. The molecule has 2 rings (SSSR count). The van der Waals surface area contributed by atoms with Gasteiger partial charge in [-0.1, -0.05) is 19.4 Å². The van der Waals surface area contributed by atoms with Crippen LogP contribution >= 0.6 is 0 Å². The second kappa shape index (κ2) is 10.3. The Bertz CT molecular complexity index is 642. The van der Waals surface area contributed by atoms with Crippen molar-refractivity contribution in [1.82, 2.24) is 5.32 Å². The molecule has 2 aliphatic rings. The van der Waals surface area contributed by atoms with Gasteiger partial charge in [0.25, 0.3) is 0 Å². The largest absolute Gasteiger partial charge is 0.547 e. The van der Waals surface area contributed by atoms with Gasteiger partial charge >= 0.3 is 13.1 Å². The van der Waals surface area contributed by atoms with Crippen molar-refractivity contribution >= 4 is 24.8 Å². The third-order valence-corrected chi connectivity index (χ3v) is 4.64. The van der Waals surface area contributed by atoms with E-state index in [-0.39, 0.29) is 18.1 Å². The van der Waals surface area contributed by atoms with E-state index in [4.69, 9.17) is 9.39 Å². The number of unbranched alkanes of at least 4 members (excludes halogenated alkanes) is 1. The first-order chi connectivity index (χ1) is 12.9. The average molecular weight is 377 g/mol. The van der Waals surface area contributed by atoms with Crippen molar-refractivity contribution in [1.29, 1.82) is 0 Å². The second-order valence-corrected chi connectivity index (χ2v) is 7.02. The summed E-state index contributed by atoms with van der Waals surface area (Å²) in [4.78, 5) is 35.3. The smallest absolute Gasteiger partial charge is 0.534 e. The summed E-state index contributed by atoms with van der Waals surface area (Å²) in [6, 6.07) is 0. The monoisotopic (exact) mass is 377 g/mol. The van der Waals surface area contributed by atoms with Crippen LogP contribution in [0.15, 0.2) is 23.0 Å². The molecular formula is C19H28BNO6. The Morgan fingerprint density at radius 3 is 2.81 bits per heavy atom. The minimum atomic E-state index is -1.23. The van der Waals surface area contributed by atoms with Gasteiger partial charge in [0.15, 0.2) is 0 Å². The molecule has 0 unspecified atom stereocenters. The topological polar surface area (TPSA) is 102 Å². The maximum Gasteiger partial charge on any atom is 0.547 e. The molecule has 2 N–H and O–H groups in total. The molecule has 1 heterocycles. The quantitative estimate of drug-likeness (QED) is 0.362. The number of carbonyl (C=O) groups is 3. The molecule has 0 fully saturated rings. The maximum absolute atomic E-state index is 12.3. The standard InChI is InChI=1S/C19H28BNO6/c1-3-4-11-26-19(24)15-9-6-8-14-12-16(20(25)27-18(14)15)21-17(23)10-5-7-13(2)22/h9,16,25H,3-8,10-12H2,1-2H3,(H,21,23)/t16-/m0/s1. The Hall–Kier alpha value is -2.09. The van der Waals surface area contributed by atoms with Crippen LogP contribution in [0.5, 0.6) is 0 Å². The average Bonchev–Trinajstić information content (AvgIpc) is 2.61. The van der Waals surface area contributed by atoms with Gasteiger partial charge in [0.2, 0.25) is 5.91 Å². The van der Waals surface area contributed by atoms with E-state index in [1.165, 1.54) is 6.92 Å². The van der Waals surface area contributed by atoms with Gasteiger partial charge in [0, 0.05) is 12.8 Å². The van der Waals surface area contributed by atoms with Gasteiger partial charge in [0.05, 0.1) is 18.1 Å². The van der Waals surface area contributed by atoms with E-state index in [0.717, 1.165) is 18.4 Å². The molecule has 0 aromatic heterocycles. The molecule has 1 aliphatic heterocycles. The van der Waals surface area contributed by atoms with E-state index in [2.05, 4.69) is 5.32 Å². The molecule has 0 aromatic rings. The fourth-order valence-corrected chi connectivity index (χ4v) is 3.16. The molecule has 27 heavy (non-hydrogen) atoms. The first-order valence-corrected chi connectivity index (χ1v) is 9.65. The molecule has 1 atom stereocenters. The number of nitrogens with one attached hydrogen (secondary N) is 1. The fourth-order valence-electron chi connectivity index (χ4n) is 3.16. The Kier molecular flexibility index (Phi) is 8.10. The summed E-state index contributed by atoms with van der Waals surface area (Å²) < 4.78 is 10.8. The SMILES string of the molecule is CCCCOC(=O)C1=CCCC2=C1OB(O)[C@@H](NC(=O)CCCC(C)=O)C2. The van der Waals surface area contributed by atoms with Crippen LogP contribution in [-0.2, 0) is 23.8 Å². The molecule has 7 nitrogen and oxygen atoms in total. The lowest BCUT2D eigenvalue weighted by Gasteiger charge is -2.32. The molecule has 0 saturated carbocycles. The zero-order valence-corrected chi connectivity index (χ0v) is 16.1. The van der Waals surface area contributed by atoms with E-state index in [1.807, 2.05) is 6.92 Å². The van der Waals surface area contributed by atoms with Gasteiger partial charge in [-0.25, -0.2) is 4.79 Å². The number of esters is 1. The van der Waals surface area contributed by atoms with Crippen LogP contribution in [0.3, 0.4) is 0 Å². The Labute approximate surface area is 160 Å². The normalized spacial score (nSPS) is 19.0. The number of carbonyl (C=O) groups excluding carboxylic acids is 3. The second-order valence-electron chi connectivity index (χ2n) is 7.02. The van der Waals surface area contributed by atoms with Crippen LogP contribution in [0, 0.1) is 0 Å². The highest BCUT2D eigenvalue weighted by molar-refractivity contribution is 6.46. The molecule has 0 saturated heterocycles. The summed E-state index contributed by atoms with van der Waals surface area (Å²) in [6.07, 6.45) is 6.41. The third kappa shape index (κ3) is 6.24. The molecule has 0 aromatic carbocycles. The predicted octanol–water partition coefficient (Wildman–Crippen LogP) is 1.99. The highest BCUT2D eigenvalue weighted by Crippen LogP contribution is 2.34. The molecule has 0 spiro atoms. The predicted molar refractivity (Wildman–Crippen MR) is 100 cm³/mol. The van der Waals surface area contributed by atoms with Crippen molar-refractivity contribution in [2.45, 2.75) is 71.2 Å². The van der Waals surface area contributed by atoms with Crippen LogP contribution in [0.25, 0.3) is 0 Å². The number of ether oxygens (including phenoxy) is 1. The summed E-state index contributed by atoms with van der Waals surface area (Å²) in [5.41, 5.74) is 1.26. The van der Waals surface area contributed by atoms with E-state index < -0.39 is 19.0 Å². The summed E-state index contributed by atoms with van der Waals surface area (Å²) >= 11 is 0. The van der Waals surface area contributed by atoms with Gasteiger partial charge in [-0.3, -0.25) is 4.79 Å². The minimum absolute atomic E-state index is 0.0472. The number of hydrogen-bond acceptors (Lipinski definition) is 6. The van der Waals surface area contributed by atoms with Crippen LogP contribution in [0.2, 0.25) is 0 Å². The molecule has 148 valence electrons. The number of amides is 1. The lowest BCUT2D eigenvalue weighted by atomic mass is 9.70. The zero-order chi connectivity index (χ0) is 19.8. The molecule has 0 radical (unpaired) electrons. The van der Waals surface area contributed by atoms with E-state index >= 15 is 0 Å². The first-order valence-electron chi connectivity index (χ1n) is 9.65. The molecule has 1 amide bonds. The number of Topliss-reactive ketones (excluding diaryl/α,β-unsaturated/α-hetero) is 1. The summed E-state index contributed by atoms with van der Waals surface area (Å²) in [5.74, 6) is -0.791. The van der Waals surface area contributed by atoms with E-state index in [1.54, 1.807) is 6.08 Å². The third-order valence-electron chi connectivity index (χ3n) is 4.64. The van der Waals surface area contributed by atoms with Crippen LogP contribution in [-0.4, -0.2) is 42.4 Å². The number of rotatable bonds is 9. The summed E-state index contributed by atoms with van der Waals surface area (Å²) in [5, 5.41) is 13.0. The Balaban J connectivity index is 1.95. The fraction of sp³-hybridized carbons (Fsp3) is 0.632. The maximum atomic E-state index is 12.3. The Morgan fingerprint density at radius 1 is 1.33 bits per heavy atom. The van der Waals surface area contributed by atoms with Gasteiger partial charge in [-0.15, -0.1) is 0 Å². The molecular weight excluding hydrogens is 349 g/mol. The van der Waals surface area contributed by atoms with Crippen molar-refractivity contribution in [2.24, 2.45) is 0 Å². The minimum Gasteiger partial charge on any atom is -0.534 e. The van der Waals surface area contributed by atoms with Crippen molar-refractivity contribution in [3.8, 4) is 0 Å². The van der Waals surface area contributed by atoms with E-state index in [9.17, 15) is 19.4 Å². The lowest BCUT2D eigenvalue weighted by molar-refractivity contribution is -0.139. The van der Waals surface area contributed by atoms with Crippen molar-refractivity contribution in [3.63, 3.8) is 0 Å². The molecule has 8 heteroatoms. The van der Waals surface area contributed by atoms with Crippen molar-refractivity contribution < 1.29 is 28.8 Å². The molecule has 0 bridgehead atoms. The van der Waals surface area contributed by atoms with E-state index in [0.29, 0.717) is 50.0 Å². The van der Waals surface area contributed by atoms with Crippen LogP contribution in [0.1, 0.15) is 65.2 Å². The lowest BCUT2D eigenvalue weighted by Crippen LogP contribution is -2.50. The molecule has 1 aliphatic carbocycles. The first kappa shape index (κ1) is 21.2. The van der Waals surface area contributed by atoms with Crippen LogP contribution < -0.4 is 5.32 Å². The summed E-state index contributed by atoms with van der Waals surface area (Å²) in [6.45, 7) is 3.87. The van der Waals surface area contributed by atoms with Crippen LogP contribution in [0.4, 0.5) is 0 Å². The number of hydrogen-bond donors (Lipinski definition) is 2. The zero-order valence-electron chi connectivity index (χ0n) is 16.1. The Morgan fingerprint density at radius 2 is 2.11 bits per heavy atom. The van der Waals surface area contributed by atoms with Gasteiger partial charge < -0.3 is 24.5 Å². The van der Waals surface area contributed by atoms with Crippen molar-refractivity contribution in [2.75, 3.05) is 6.61 Å². The highest BCUT2D eigenvalue weighted by Gasteiger charge is 2.40. The van der Waals surface area contributed by atoms with Gasteiger partial charge in [-0.2, -0.15) is 0 Å². The van der Waals surface area contributed by atoms with Gasteiger partial charge in [0.1, 0.15) is 11.5 Å².